The summed E-state index contributed by atoms with van der Waals surface area (Å²) in [5.74, 6) is -0.233. The topological polar surface area (TPSA) is 102 Å². The highest BCUT2D eigenvalue weighted by Gasteiger charge is 2.18. The van der Waals surface area contributed by atoms with Crippen LogP contribution in [-0.2, 0) is 0 Å². The molecule has 0 saturated carbocycles. The highest BCUT2D eigenvalue weighted by atomic mass is 16.6. The van der Waals surface area contributed by atoms with Crippen molar-refractivity contribution in [3.63, 3.8) is 0 Å². The average Bonchev–Trinajstić information content (AvgIpc) is 3.06. The van der Waals surface area contributed by atoms with E-state index in [-0.39, 0.29) is 17.6 Å². The Bertz CT molecular complexity index is 721. The summed E-state index contributed by atoms with van der Waals surface area (Å²) in [6, 6.07) is 7.83. The number of rotatable bonds is 4. The minimum Gasteiger partial charge on any atom is -0.347 e. The fourth-order valence-electron chi connectivity index (χ4n) is 2.57. The first-order valence-electron chi connectivity index (χ1n) is 7.45. The standard InChI is InChI=1S/C15H17N5O3/c21-15(17-11-3-2-7-16-10-11)14-6-8-19(18-14)12-4-1-5-13(9-12)20(22)23/h1,4-6,8-9,11,16H,2-3,7,10H2,(H,17,21). The summed E-state index contributed by atoms with van der Waals surface area (Å²) in [6.07, 6.45) is 3.60. The lowest BCUT2D eigenvalue weighted by atomic mass is 10.1. The first kappa shape index (κ1) is 15.2. The number of nitrogens with one attached hydrogen (secondary N) is 2. The zero-order chi connectivity index (χ0) is 16.2. The number of carbonyl (C=O) groups is 1. The van der Waals surface area contributed by atoms with Crippen molar-refractivity contribution in [1.29, 1.82) is 0 Å². The van der Waals surface area contributed by atoms with Crippen LogP contribution in [0.4, 0.5) is 5.69 Å². The molecule has 1 fully saturated rings. The number of non-ortho nitro benzene ring substituents is 1. The number of piperidine rings is 1. The van der Waals surface area contributed by atoms with Crippen LogP contribution < -0.4 is 10.6 Å². The Morgan fingerprint density at radius 3 is 3.04 bits per heavy atom. The Balaban J connectivity index is 1.73. The van der Waals surface area contributed by atoms with Crippen molar-refractivity contribution in [3.8, 4) is 5.69 Å². The van der Waals surface area contributed by atoms with Gasteiger partial charge in [0.15, 0.2) is 5.69 Å². The number of nitro benzene ring substituents is 1. The molecular formula is C15H17N5O3. The second-order valence-corrected chi connectivity index (χ2v) is 5.44. The van der Waals surface area contributed by atoms with E-state index in [0.717, 1.165) is 25.9 Å². The van der Waals surface area contributed by atoms with Crippen molar-refractivity contribution in [3.05, 3.63) is 52.3 Å². The molecule has 0 aliphatic carbocycles. The molecule has 2 heterocycles. The molecular weight excluding hydrogens is 298 g/mol. The van der Waals surface area contributed by atoms with Crippen LogP contribution in [0.2, 0.25) is 0 Å². The number of amides is 1. The maximum absolute atomic E-state index is 12.2. The summed E-state index contributed by atoms with van der Waals surface area (Å²) in [5, 5.41) is 21.2. The monoisotopic (exact) mass is 315 g/mol. The number of nitro groups is 1. The minimum atomic E-state index is -0.462. The lowest BCUT2D eigenvalue weighted by Gasteiger charge is -2.23. The Labute approximate surface area is 132 Å². The third-order valence-electron chi connectivity index (χ3n) is 3.76. The van der Waals surface area contributed by atoms with Gasteiger partial charge in [-0.15, -0.1) is 0 Å². The lowest BCUT2D eigenvalue weighted by Crippen LogP contribution is -2.45. The van der Waals surface area contributed by atoms with Crippen LogP contribution in [0.25, 0.3) is 5.69 Å². The molecule has 1 aliphatic heterocycles. The quantitative estimate of drug-likeness (QED) is 0.653. The number of carbonyl (C=O) groups excluding carboxylic acids is 1. The van der Waals surface area contributed by atoms with Gasteiger partial charge in [-0.25, -0.2) is 4.68 Å². The molecule has 1 saturated heterocycles. The molecule has 23 heavy (non-hydrogen) atoms. The van der Waals surface area contributed by atoms with Crippen LogP contribution in [0.1, 0.15) is 23.3 Å². The molecule has 1 aromatic carbocycles. The molecule has 1 aliphatic rings. The van der Waals surface area contributed by atoms with Crippen molar-refractivity contribution in [2.24, 2.45) is 0 Å². The highest BCUT2D eigenvalue weighted by Crippen LogP contribution is 2.16. The zero-order valence-corrected chi connectivity index (χ0v) is 12.4. The summed E-state index contributed by atoms with van der Waals surface area (Å²) >= 11 is 0. The molecule has 8 nitrogen and oxygen atoms in total. The Morgan fingerprint density at radius 1 is 1.43 bits per heavy atom. The van der Waals surface area contributed by atoms with Crippen molar-refractivity contribution in [1.82, 2.24) is 20.4 Å². The van der Waals surface area contributed by atoms with E-state index in [4.69, 9.17) is 0 Å². The number of aromatic nitrogens is 2. The van der Waals surface area contributed by atoms with E-state index in [0.29, 0.717) is 11.4 Å². The maximum Gasteiger partial charge on any atom is 0.272 e. The molecule has 2 N–H and O–H groups in total. The number of hydrogen-bond acceptors (Lipinski definition) is 5. The molecule has 0 bridgehead atoms. The number of hydrogen-bond donors (Lipinski definition) is 2. The van der Waals surface area contributed by atoms with Gasteiger partial charge in [0.05, 0.1) is 10.6 Å². The van der Waals surface area contributed by atoms with E-state index in [1.54, 1.807) is 24.4 Å². The first-order chi connectivity index (χ1) is 11.1. The predicted molar refractivity (Wildman–Crippen MR) is 83.6 cm³/mol. The van der Waals surface area contributed by atoms with E-state index < -0.39 is 4.92 Å². The SMILES string of the molecule is O=C(NC1CCCNC1)c1ccn(-c2cccc([N+](=O)[O-])c2)n1. The van der Waals surface area contributed by atoms with Crippen LogP contribution in [0, 0.1) is 10.1 Å². The van der Waals surface area contributed by atoms with E-state index in [1.807, 2.05) is 0 Å². The van der Waals surface area contributed by atoms with Crippen molar-refractivity contribution in [2.75, 3.05) is 13.1 Å². The predicted octanol–water partition coefficient (Wildman–Crippen LogP) is 1.26. The van der Waals surface area contributed by atoms with E-state index in [1.165, 1.54) is 16.8 Å². The second-order valence-electron chi connectivity index (χ2n) is 5.44. The normalized spacial score (nSPS) is 17.7. The smallest absolute Gasteiger partial charge is 0.272 e. The van der Waals surface area contributed by atoms with Gasteiger partial charge in [0.2, 0.25) is 0 Å². The molecule has 1 unspecified atom stereocenters. The van der Waals surface area contributed by atoms with Gasteiger partial charge in [0.1, 0.15) is 0 Å². The van der Waals surface area contributed by atoms with Gasteiger partial charge < -0.3 is 10.6 Å². The summed E-state index contributed by atoms with van der Waals surface area (Å²) in [7, 11) is 0. The lowest BCUT2D eigenvalue weighted by molar-refractivity contribution is -0.384. The van der Waals surface area contributed by atoms with E-state index >= 15 is 0 Å². The van der Waals surface area contributed by atoms with Crippen LogP contribution in [-0.4, -0.2) is 39.7 Å². The van der Waals surface area contributed by atoms with Crippen LogP contribution >= 0.6 is 0 Å². The van der Waals surface area contributed by atoms with Gasteiger partial charge >= 0.3 is 0 Å². The minimum absolute atomic E-state index is 0.0164. The molecule has 2 aromatic rings. The summed E-state index contributed by atoms with van der Waals surface area (Å²) < 4.78 is 1.46. The zero-order valence-electron chi connectivity index (χ0n) is 12.4. The molecule has 1 atom stereocenters. The number of benzene rings is 1. The molecule has 8 heteroatoms. The second kappa shape index (κ2) is 6.57. The molecule has 1 amide bonds. The summed E-state index contributed by atoms with van der Waals surface area (Å²) in [4.78, 5) is 22.6. The van der Waals surface area contributed by atoms with Gasteiger partial charge in [0.25, 0.3) is 11.6 Å². The maximum atomic E-state index is 12.2. The van der Waals surface area contributed by atoms with Crippen LogP contribution in [0.15, 0.2) is 36.5 Å². The van der Waals surface area contributed by atoms with Crippen molar-refractivity contribution >= 4 is 11.6 Å². The van der Waals surface area contributed by atoms with E-state index in [9.17, 15) is 14.9 Å². The van der Waals surface area contributed by atoms with Crippen LogP contribution in [0.3, 0.4) is 0 Å². The third kappa shape index (κ3) is 3.54. The fourth-order valence-corrected chi connectivity index (χ4v) is 2.57. The van der Waals surface area contributed by atoms with Gasteiger partial charge in [-0.2, -0.15) is 5.10 Å². The summed E-state index contributed by atoms with van der Waals surface area (Å²) in [6.45, 7) is 1.74. The van der Waals surface area contributed by atoms with E-state index in [2.05, 4.69) is 15.7 Å². The van der Waals surface area contributed by atoms with Gasteiger partial charge in [0, 0.05) is 30.9 Å². The van der Waals surface area contributed by atoms with Crippen LogP contribution in [0.5, 0.6) is 0 Å². The molecule has 120 valence electrons. The average molecular weight is 315 g/mol. The summed E-state index contributed by atoms with van der Waals surface area (Å²) in [5.41, 5.74) is 0.817. The Hall–Kier alpha value is -2.74. The van der Waals surface area contributed by atoms with Gasteiger partial charge in [-0.3, -0.25) is 14.9 Å². The Morgan fingerprint density at radius 2 is 2.30 bits per heavy atom. The van der Waals surface area contributed by atoms with Gasteiger partial charge in [-0.1, -0.05) is 6.07 Å². The fraction of sp³-hybridized carbons (Fsp3) is 0.333. The molecule has 3 rings (SSSR count). The molecule has 0 radical (unpaired) electrons. The largest absolute Gasteiger partial charge is 0.347 e. The van der Waals surface area contributed by atoms with Crippen molar-refractivity contribution < 1.29 is 9.72 Å². The highest BCUT2D eigenvalue weighted by molar-refractivity contribution is 5.92. The first-order valence-corrected chi connectivity index (χ1v) is 7.45. The Kier molecular flexibility index (Phi) is 4.33. The molecule has 1 aromatic heterocycles. The number of nitrogens with zero attached hydrogens (tertiary/aromatic N) is 3. The van der Waals surface area contributed by atoms with Gasteiger partial charge in [-0.05, 0) is 31.5 Å². The molecule has 0 spiro atoms. The van der Waals surface area contributed by atoms with Crippen molar-refractivity contribution in [2.45, 2.75) is 18.9 Å². The third-order valence-corrected chi connectivity index (χ3v) is 3.76.